The molecule has 2 heterocycles. The molecule has 24 heavy (non-hydrogen) atoms. The number of urea groups is 1. The third-order valence-electron chi connectivity index (χ3n) is 4.62. The first-order chi connectivity index (χ1) is 11.6. The largest absolute Gasteiger partial charge is 0.497 e. The zero-order valence-electron chi connectivity index (χ0n) is 14.0. The van der Waals surface area contributed by atoms with Crippen molar-refractivity contribution < 1.29 is 19.1 Å². The van der Waals surface area contributed by atoms with Crippen LogP contribution in [0.15, 0.2) is 24.3 Å². The van der Waals surface area contributed by atoms with Gasteiger partial charge in [0.1, 0.15) is 23.6 Å². The monoisotopic (exact) mass is 333 g/mol. The van der Waals surface area contributed by atoms with Crippen molar-refractivity contribution in [2.75, 3.05) is 26.8 Å². The van der Waals surface area contributed by atoms with E-state index in [1.54, 1.807) is 13.2 Å². The molecule has 2 N–H and O–H groups in total. The molecule has 0 aliphatic carbocycles. The molecule has 0 unspecified atom stereocenters. The molecular formula is C17H23N3O4. The van der Waals surface area contributed by atoms with E-state index in [0.29, 0.717) is 24.3 Å². The van der Waals surface area contributed by atoms with Crippen LogP contribution < -0.4 is 20.1 Å². The molecule has 1 spiro atoms. The Morgan fingerprint density at radius 2 is 1.96 bits per heavy atom. The van der Waals surface area contributed by atoms with Crippen molar-refractivity contribution in [3.8, 4) is 11.5 Å². The van der Waals surface area contributed by atoms with Gasteiger partial charge in [0, 0.05) is 6.07 Å². The van der Waals surface area contributed by atoms with Crippen LogP contribution in [0.25, 0.3) is 0 Å². The molecule has 2 aliphatic rings. The van der Waals surface area contributed by atoms with Crippen LogP contribution in [0, 0.1) is 0 Å². The van der Waals surface area contributed by atoms with E-state index in [2.05, 4.69) is 10.6 Å². The summed E-state index contributed by atoms with van der Waals surface area (Å²) in [6.45, 7) is 3.52. The fourth-order valence-electron chi connectivity index (χ4n) is 3.22. The number of hydrogen-bond acceptors (Lipinski definition) is 5. The lowest BCUT2D eigenvalue weighted by Crippen LogP contribution is -2.54. The van der Waals surface area contributed by atoms with Gasteiger partial charge in [-0.05, 0) is 45.0 Å². The van der Waals surface area contributed by atoms with Crippen LogP contribution in [-0.4, -0.2) is 55.2 Å². The average molecular weight is 333 g/mol. The van der Waals surface area contributed by atoms with Gasteiger partial charge in [-0.3, -0.25) is 9.69 Å². The lowest BCUT2D eigenvalue weighted by molar-refractivity contribution is -0.133. The summed E-state index contributed by atoms with van der Waals surface area (Å²) in [5.41, 5.74) is -0.743. The number of carbonyl (C=O) groups is 2. The zero-order chi connectivity index (χ0) is 17.2. The van der Waals surface area contributed by atoms with E-state index in [1.807, 2.05) is 25.1 Å². The van der Waals surface area contributed by atoms with Gasteiger partial charge in [0.15, 0.2) is 0 Å². The van der Waals surface area contributed by atoms with Crippen molar-refractivity contribution >= 4 is 11.9 Å². The fourth-order valence-corrected chi connectivity index (χ4v) is 3.22. The summed E-state index contributed by atoms with van der Waals surface area (Å²) >= 11 is 0. The normalized spacial score (nSPS) is 20.8. The van der Waals surface area contributed by atoms with Crippen molar-refractivity contribution in [2.45, 2.75) is 31.3 Å². The molecule has 2 aliphatic heterocycles. The number of rotatable bonds is 5. The highest BCUT2D eigenvalue weighted by Gasteiger charge is 2.52. The van der Waals surface area contributed by atoms with Gasteiger partial charge in [-0.25, -0.2) is 4.79 Å². The summed E-state index contributed by atoms with van der Waals surface area (Å²) in [4.78, 5) is 26.4. The number of amides is 3. The molecule has 3 rings (SSSR count). The van der Waals surface area contributed by atoms with E-state index in [1.165, 1.54) is 4.90 Å². The quantitative estimate of drug-likeness (QED) is 0.790. The number of methoxy groups -OCH3 is 1. The Hall–Kier alpha value is -2.28. The molecule has 3 amide bonds. The second-order valence-electron chi connectivity index (χ2n) is 6.28. The second-order valence-corrected chi connectivity index (χ2v) is 6.28. The van der Waals surface area contributed by atoms with Gasteiger partial charge >= 0.3 is 6.03 Å². The van der Waals surface area contributed by atoms with E-state index in [0.717, 1.165) is 13.1 Å². The Balaban J connectivity index is 1.65. The fraction of sp³-hybridized carbons (Fsp3) is 0.529. The lowest BCUT2D eigenvalue weighted by Gasteiger charge is -2.31. The van der Waals surface area contributed by atoms with Crippen molar-refractivity contribution in [1.29, 1.82) is 0 Å². The highest BCUT2D eigenvalue weighted by atomic mass is 16.5. The maximum absolute atomic E-state index is 12.8. The van der Waals surface area contributed by atoms with Crippen molar-refractivity contribution in [1.82, 2.24) is 15.5 Å². The minimum Gasteiger partial charge on any atom is -0.497 e. The van der Waals surface area contributed by atoms with Gasteiger partial charge in [-0.1, -0.05) is 6.07 Å². The maximum Gasteiger partial charge on any atom is 0.325 e. The topological polar surface area (TPSA) is 79.9 Å². The van der Waals surface area contributed by atoms with Crippen LogP contribution in [-0.2, 0) is 4.79 Å². The van der Waals surface area contributed by atoms with E-state index >= 15 is 0 Å². The number of piperidine rings is 1. The standard InChI is InChI=1S/C17H23N3O4/c1-12(11-24-14-5-3-4-13(10-14)23-2)20-15(21)17(19-16(20)22)6-8-18-9-7-17/h3-5,10,12,18H,6-9,11H2,1-2H3,(H,19,22)/t12-/m0/s1. The Labute approximate surface area is 141 Å². The molecule has 0 aromatic heterocycles. The smallest absolute Gasteiger partial charge is 0.325 e. The third kappa shape index (κ3) is 3.03. The van der Waals surface area contributed by atoms with Gasteiger partial charge in [-0.2, -0.15) is 0 Å². The predicted molar refractivity (Wildman–Crippen MR) is 88.2 cm³/mol. The first-order valence-corrected chi connectivity index (χ1v) is 8.19. The minimum absolute atomic E-state index is 0.143. The number of imide groups is 1. The highest BCUT2D eigenvalue weighted by Crippen LogP contribution is 2.28. The van der Waals surface area contributed by atoms with E-state index in [-0.39, 0.29) is 24.6 Å². The minimum atomic E-state index is -0.743. The van der Waals surface area contributed by atoms with Crippen LogP contribution >= 0.6 is 0 Å². The molecule has 7 heteroatoms. The summed E-state index contributed by atoms with van der Waals surface area (Å²) in [6, 6.07) is 6.56. The number of carbonyl (C=O) groups excluding carboxylic acids is 2. The van der Waals surface area contributed by atoms with E-state index in [4.69, 9.17) is 9.47 Å². The Bertz CT molecular complexity index is 628. The van der Waals surface area contributed by atoms with Crippen LogP contribution in [0.5, 0.6) is 11.5 Å². The number of nitrogens with one attached hydrogen (secondary N) is 2. The number of ether oxygens (including phenoxy) is 2. The number of benzene rings is 1. The molecule has 0 saturated carbocycles. The summed E-state index contributed by atoms with van der Waals surface area (Å²) in [5.74, 6) is 1.20. The van der Waals surface area contributed by atoms with E-state index in [9.17, 15) is 9.59 Å². The SMILES string of the molecule is COc1cccc(OC[C@H](C)N2C(=O)NC3(CCNCC3)C2=O)c1. The van der Waals surface area contributed by atoms with Crippen LogP contribution in [0.4, 0.5) is 4.79 Å². The van der Waals surface area contributed by atoms with Crippen molar-refractivity contribution in [3.05, 3.63) is 24.3 Å². The zero-order valence-corrected chi connectivity index (χ0v) is 14.0. The molecule has 7 nitrogen and oxygen atoms in total. The molecule has 1 atom stereocenters. The average Bonchev–Trinajstić information content (AvgIpc) is 2.83. The van der Waals surface area contributed by atoms with Gasteiger partial charge in [0.2, 0.25) is 0 Å². The first kappa shape index (κ1) is 16.6. The molecule has 130 valence electrons. The summed E-state index contributed by atoms with van der Waals surface area (Å²) in [5, 5.41) is 6.10. The van der Waals surface area contributed by atoms with Crippen molar-refractivity contribution in [3.63, 3.8) is 0 Å². The molecular weight excluding hydrogens is 310 g/mol. The Morgan fingerprint density at radius 1 is 1.25 bits per heavy atom. The molecule has 0 bridgehead atoms. The summed E-state index contributed by atoms with van der Waals surface area (Å²) in [7, 11) is 1.59. The number of nitrogens with zero attached hydrogens (tertiary/aromatic N) is 1. The van der Waals surface area contributed by atoms with Gasteiger partial charge < -0.3 is 20.1 Å². The van der Waals surface area contributed by atoms with Gasteiger partial charge in [0.05, 0.1) is 13.2 Å². The van der Waals surface area contributed by atoms with Gasteiger partial charge in [-0.15, -0.1) is 0 Å². The molecule has 2 saturated heterocycles. The Morgan fingerprint density at radius 3 is 2.67 bits per heavy atom. The predicted octanol–water partition coefficient (Wildman–Crippen LogP) is 1.14. The molecule has 1 aromatic rings. The third-order valence-corrected chi connectivity index (χ3v) is 4.62. The van der Waals surface area contributed by atoms with Gasteiger partial charge in [0.25, 0.3) is 5.91 Å². The second kappa shape index (κ2) is 6.68. The molecule has 1 aromatic carbocycles. The molecule has 2 fully saturated rings. The van der Waals surface area contributed by atoms with Crippen LogP contribution in [0.3, 0.4) is 0 Å². The first-order valence-electron chi connectivity index (χ1n) is 8.19. The molecule has 0 radical (unpaired) electrons. The summed E-state index contributed by atoms with van der Waals surface area (Å²) < 4.78 is 10.9. The Kier molecular flexibility index (Phi) is 4.62. The van der Waals surface area contributed by atoms with Crippen LogP contribution in [0.1, 0.15) is 19.8 Å². The highest BCUT2D eigenvalue weighted by molar-refractivity contribution is 6.07. The van der Waals surface area contributed by atoms with Crippen molar-refractivity contribution in [2.24, 2.45) is 0 Å². The van der Waals surface area contributed by atoms with Crippen LogP contribution in [0.2, 0.25) is 0 Å². The number of hydrogen-bond donors (Lipinski definition) is 2. The summed E-state index contributed by atoms with van der Waals surface area (Å²) in [6.07, 6.45) is 1.25. The lowest BCUT2D eigenvalue weighted by atomic mass is 9.88. The maximum atomic E-state index is 12.8. The van der Waals surface area contributed by atoms with E-state index < -0.39 is 5.54 Å².